The molecule has 0 N–H and O–H groups in total. The second kappa shape index (κ2) is 10.1. The molecule has 0 unspecified atom stereocenters. The fourth-order valence-electron chi connectivity index (χ4n) is 3.38. The molecule has 0 aliphatic heterocycles. The van der Waals surface area contributed by atoms with Crippen LogP contribution in [0.3, 0.4) is 0 Å². The molecule has 0 saturated heterocycles. The molecule has 4 aromatic carbocycles. The Hall–Kier alpha value is -3.14. The molecule has 4 rings (SSSR count). The topological polar surface area (TPSA) is 70.8 Å². The van der Waals surface area contributed by atoms with Crippen molar-refractivity contribution < 1.29 is 27.3 Å². The Bertz CT molecular complexity index is 1120. The summed E-state index contributed by atoms with van der Waals surface area (Å²) in [6.07, 6.45) is 4.06. The Morgan fingerprint density at radius 2 is 1.03 bits per heavy atom. The van der Waals surface area contributed by atoms with Crippen LogP contribution in [0.4, 0.5) is 0 Å². The summed E-state index contributed by atoms with van der Waals surface area (Å²) in [5.74, 6) is -0.0474. The van der Waals surface area contributed by atoms with Crippen LogP contribution in [0, 0.1) is 0 Å². The first-order valence-corrected chi connectivity index (χ1v) is 9.61. The third-order valence-corrected chi connectivity index (χ3v) is 4.88. The van der Waals surface area contributed by atoms with Crippen molar-refractivity contribution in [2.45, 2.75) is 6.42 Å². The fourth-order valence-corrected chi connectivity index (χ4v) is 3.38. The number of fused-ring (bicyclic) bond motifs is 2. The molecular weight excluding hydrogens is 415 g/mol. The van der Waals surface area contributed by atoms with E-state index >= 15 is 0 Å². The van der Waals surface area contributed by atoms with Crippen LogP contribution in [0.25, 0.3) is 21.5 Å². The molecule has 0 aliphatic carbocycles. The van der Waals surface area contributed by atoms with Crippen LogP contribution in [0.15, 0.2) is 82.8 Å². The van der Waals surface area contributed by atoms with Gasteiger partial charge in [-0.15, -0.1) is 0 Å². The smallest absolute Gasteiger partial charge is 0.872 e. The SMILES string of the molecule is [Mn+2].[O-]c1ccc2ccccc2c1C=NCCCN=Cc1c([O-])ccc2ccccc12. The Morgan fingerprint density at radius 3 is 1.50 bits per heavy atom. The predicted octanol–water partition coefficient (Wildman–Crippen LogP) is 4.07. The van der Waals surface area contributed by atoms with Crippen molar-refractivity contribution in [3.8, 4) is 11.5 Å². The molecule has 0 fully saturated rings. The summed E-state index contributed by atoms with van der Waals surface area (Å²) >= 11 is 0. The second-order valence-corrected chi connectivity index (χ2v) is 6.82. The van der Waals surface area contributed by atoms with Crippen molar-refractivity contribution >= 4 is 34.0 Å². The number of nitrogens with zero attached hydrogens (tertiary/aromatic N) is 2. The van der Waals surface area contributed by atoms with Gasteiger partial charge in [0.05, 0.1) is 0 Å². The molecule has 0 bridgehead atoms. The van der Waals surface area contributed by atoms with Crippen LogP contribution >= 0.6 is 0 Å². The van der Waals surface area contributed by atoms with Crippen molar-refractivity contribution in [2.24, 2.45) is 9.98 Å². The van der Waals surface area contributed by atoms with E-state index in [1.165, 1.54) is 0 Å². The molecule has 0 saturated carbocycles. The normalized spacial score (nSPS) is 11.5. The molecular formula is C25H20MnN2O2. The van der Waals surface area contributed by atoms with Crippen LogP contribution in [0.1, 0.15) is 17.5 Å². The maximum atomic E-state index is 12.2. The maximum absolute atomic E-state index is 12.2. The molecule has 4 aromatic rings. The standard InChI is InChI=1S/C25H22N2O2.Mn/c28-24-12-10-18-6-1-3-8-20(18)22(24)16-26-14-5-15-27-17-23-21-9-4-2-7-19(21)11-13-25(23)29;/h1-4,6-13,16-17,28-29H,5,14-15H2;/q;+2/p-2. The Balaban J connectivity index is 0.00000256. The summed E-state index contributed by atoms with van der Waals surface area (Å²) in [6, 6.07) is 22.4. The van der Waals surface area contributed by atoms with Gasteiger partial charge in [-0.25, -0.2) is 0 Å². The molecule has 5 heteroatoms. The molecule has 149 valence electrons. The van der Waals surface area contributed by atoms with Gasteiger partial charge in [0, 0.05) is 25.5 Å². The van der Waals surface area contributed by atoms with Crippen LogP contribution < -0.4 is 10.2 Å². The van der Waals surface area contributed by atoms with Gasteiger partial charge in [-0.1, -0.05) is 84.3 Å². The summed E-state index contributed by atoms with van der Waals surface area (Å²) in [7, 11) is 0. The Labute approximate surface area is 186 Å². The van der Waals surface area contributed by atoms with Crippen molar-refractivity contribution in [1.82, 2.24) is 0 Å². The summed E-state index contributed by atoms with van der Waals surface area (Å²) in [6.45, 7) is 1.14. The quantitative estimate of drug-likeness (QED) is 0.260. The Morgan fingerprint density at radius 1 is 0.600 bits per heavy atom. The zero-order valence-electron chi connectivity index (χ0n) is 16.3. The maximum Gasteiger partial charge on any atom is 2.00 e. The van der Waals surface area contributed by atoms with Gasteiger partial charge < -0.3 is 10.2 Å². The van der Waals surface area contributed by atoms with E-state index in [0.29, 0.717) is 24.2 Å². The van der Waals surface area contributed by atoms with Gasteiger partial charge in [0.25, 0.3) is 0 Å². The molecule has 0 atom stereocenters. The molecule has 0 spiro atoms. The van der Waals surface area contributed by atoms with E-state index in [9.17, 15) is 10.2 Å². The largest absolute Gasteiger partial charge is 2.00 e. The van der Waals surface area contributed by atoms with E-state index in [0.717, 1.165) is 28.0 Å². The van der Waals surface area contributed by atoms with Crippen molar-refractivity contribution in [1.29, 1.82) is 0 Å². The number of hydrogen-bond donors (Lipinski definition) is 0. The minimum atomic E-state index is -0.0237. The monoisotopic (exact) mass is 435 g/mol. The van der Waals surface area contributed by atoms with Gasteiger partial charge in [0.15, 0.2) is 0 Å². The van der Waals surface area contributed by atoms with Gasteiger partial charge in [-0.2, -0.15) is 0 Å². The zero-order chi connectivity index (χ0) is 20.1. The van der Waals surface area contributed by atoms with Crippen LogP contribution in [-0.4, -0.2) is 25.5 Å². The summed E-state index contributed by atoms with van der Waals surface area (Å²) in [5.41, 5.74) is 1.25. The van der Waals surface area contributed by atoms with E-state index in [4.69, 9.17) is 0 Å². The molecule has 0 aromatic heterocycles. The van der Waals surface area contributed by atoms with Crippen LogP contribution in [0.5, 0.6) is 11.5 Å². The van der Waals surface area contributed by atoms with E-state index < -0.39 is 0 Å². The average Bonchev–Trinajstić information content (AvgIpc) is 2.75. The first kappa shape index (κ1) is 21.6. The minimum absolute atomic E-state index is 0. The van der Waals surface area contributed by atoms with Gasteiger partial charge >= 0.3 is 17.1 Å². The van der Waals surface area contributed by atoms with E-state index in [1.807, 2.05) is 60.7 Å². The summed E-state index contributed by atoms with van der Waals surface area (Å²) in [4.78, 5) is 8.81. The predicted molar refractivity (Wildman–Crippen MR) is 116 cm³/mol. The number of benzene rings is 4. The Kier molecular flexibility index (Phi) is 7.23. The first-order chi connectivity index (χ1) is 14.2. The van der Waals surface area contributed by atoms with Gasteiger partial charge in [0.1, 0.15) is 0 Å². The van der Waals surface area contributed by atoms with Crippen molar-refractivity contribution in [2.75, 3.05) is 13.1 Å². The summed E-state index contributed by atoms with van der Waals surface area (Å²) in [5, 5.41) is 28.2. The van der Waals surface area contributed by atoms with Crippen LogP contribution in [0.2, 0.25) is 0 Å². The molecule has 0 heterocycles. The molecule has 4 nitrogen and oxygen atoms in total. The number of hydrogen-bond acceptors (Lipinski definition) is 4. The van der Waals surface area contributed by atoms with Gasteiger partial charge in [-0.3, -0.25) is 9.98 Å². The molecule has 0 aliphatic rings. The second-order valence-electron chi connectivity index (χ2n) is 6.82. The molecule has 30 heavy (non-hydrogen) atoms. The number of aliphatic imine (C=N–C) groups is 2. The van der Waals surface area contributed by atoms with E-state index in [2.05, 4.69) is 9.98 Å². The average molecular weight is 435 g/mol. The van der Waals surface area contributed by atoms with E-state index in [1.54, 1.807) is 24.6 Å². The first-order valence-electron chi connectivity index (χ1n) is 9.61. The summed E-state index contributed by atoms with van der Waals surface area (Å²) < 4.78 is 0. The molecule has 1 radical (unpaired) electrons. The van der Waals surface area contributed by atoms with Crippen molar-refractivity contribution in [3.63, 3.8) is 0 Å². The van der Waals surface area contributed by atoms with Crippen LogP contribution in [-0.2, 0) is 17.1 Å². The van der Waals surface area contributed by atoms with Gasteiger partial charge in [-0.05, 0) is 39.1 Å². The minimum Gasteiger partial charge on any atom is -0.872 e. The fraction of sp³-hybridized carbons (Fsp3) is 0.120. The van der Waals surface area contributed by atoms with Gasteiger partial charge in [0.2, 0.25) is 0 Å². The van der Waals surface area contributed by atoms with Crippen molar-refractivity contribution in [3.05, 3.63) is 83.9 Å². The number of rotatable bonds is 6. The van der Waals surface area contributed by atoms with E-state index in [-0.39, 0.29) is 28.6 Å². The third kappa shape index (κ3) is 4.70. The zero-order valence-corrected chi connectivity index (χ0v) is 17.5. The third-order valence-electron chi connectivity index (χ3n) is 4.88. The molecule has 0 amide bonds.